The summed E-state index contributed by atoms with van der Waals surface area (Å²) in [6, 6.07) is 15.3. The monoisotopic (exact) mass is 465 g/mol. The molecule has 3 nitrogen and oxygen atoms in total. The quantitative estimate of drug-likeness (QED) is 0.462. The van der Waals surface area contributed by atoms with E-state index in [1.807, 2.05) is 65.2 Å². The van der Waals surface area contributed by atoms with Crippen molar-refractivity contribution in [3.05, 3.63) is 69.7 Å². The molecule has 1 aliphatic heterocycles. The lowest BCUT2D eigenvalue weighted by atomic mass is 9.91. The van der Waals surface area contributed by atoms with Crippen molar-refractivity contribution in [2.75, 3.05) is 12.4 Å². The first-order valence-electron chi connectivity index (χ1n) is 10.3. The molecule has 1 saturated heterocycles. The lowest BCUT2D eigenvalue weighted by Crippen LogP contribution is -2.51. The smallest absolute Gasteiger partial charge is 0.249 e. The standard InChI is InChI=1S/C24H29Cl2NO2S/c1-5-20(15-30-24(2,3)4)27-21(28)14-29-23(17-7-6-8-19(26)13-17)22(27)16-9-11-18(25)12-10-16/h6-13,20,22-23H,5,14-15H2,1-4H3/t20-,22-,23-/m1/s1. The van der Waals surface area contributed by atoms with Crippen molar-refractivity contribution < 1.29 is 9.53 Å². The van der Waals surface area contributed by atoms with Crippen LogP contribution in [0.1, 0.15) is 57.4 Å². The first kappa shape index (κ1) is 23.5. The number of benzene rings is 2. The highest BCUT2D eigenvalue weighted by Crippen LogP contribution is 2.43. The first-order chi connectivity index (χ1) is 14.2. The molecule has 30 heavy (non-hydrogen) atoms. The number of carbonyl (C=O) groups excluding carboxylic acids is 1. The number of morpholine rings is 1. The van der Waals surface area contributed by atoms with Gasteiger partial charge in [0.2, 0.25) is 5.91 Å². The highest BCUT2D eigenvalue weighted by atomic mass is 35.5. The van der Waals surface area contributed by atoms with Crippen molar-refractivity contribution in [2.24, 2.45) is 0 Å². The maximum atomic E-state index is 13.2. The third-order valence-corrected chi connectivity index (χ3v) is 7.13. The first-order valence-corrected chi connectivity index (χ1v) is 12.0. The highest BCUT2D eigenvalue weighted by molar-refractivity contribution is 8.00. The van der Waals surface area contributed by atoms with Gasteiger partial charge >= 0.3 is 0 Å². The number of halogens is 2. The topological polar surface area (TPSA) is 29.5 Å². The van der Waals surface area contributed by atoms with Gasteiger partial charge in [0.25, 0.3) is 0 Å². The molecule has 3 rings (SSSR count). The number of amides is 1. The average Bonchev–Trinajstić information content (AvgIpc) is 2.69. The highest BCUT2D eigenvalue weighted by Gasteiger charge is 2.42. The molecule has 1 heterocycles. The summed E-state index contributed by atoms with van der Waals surface area (Å²) >= 11 is 14.3. The van der Waals surface area contributed by atoms with E-state index in [1.165, 1.54) is 0 Å². The van der Waals surface area contributed by atoms with Crippen molar-refractivity contribution in [1.82, 2.24) is 4.90 Å². The van der Waals surface area contributed by atoms with E-state index >= 15 is 0 Å². The van der Waals surface area contributed by atoms with E-state index in [2.05, 4.69) is 27.7 Å². The molecule has 0 N–H and O–H groups in total. The van der Waals surface area contributed by atoms with Gasteiger partial charge in [0.05, 0.1) is 6.04 Å². The van der Waals surface area contributed by atoms with Crippen LogP contribution in [-0.2, 0) is 9.53 Å². The van der Waals surface area contributed by atoms with Gasteiger partial charge in [-0.3, -0.25) is 4.79 Å². The average molecular weight is 466 g/mol. The van der Waals surface area contributed by atoms with Crippen molar-refractivity contribution in [1.29, 1.82) is 0 Å². The summed E-state index contributed by atoms with van der Waals surface area (Å²) in [5, 5.41) is 1.33. The number of rotatable bonds is 6. The summed E-state index contributed by atoms with van der Waals surface area (Å²) in [6.45, 7) is 8.83. The van der Waals surface area contributed by atoms with Crippen LogP contribution >= 0.6 is 35.0 Å². The molecule has 1 fully saturated rings. The van der Waals surface area contributed by atoms with Gasteiger partial charge in [0, 0.05) is 26.6 Å². The molecule has 2 aromatic carbocycles. The Morgan fingerprint density at radius 3 is 2.40 bits per heavy atom. The number of thioether (sulfide) groups is 1. The fraction of sp³-hybridized carbons (Fsp3) is 0.458. The van der Waals surface area contributed by atoms with E-state index in [0.29, 0.717) is 10.0 Å². The molecule has 1 aliphatic rings. The molecule has 3 atom stereocenters. The minimum absolute atomic E-state index is 0.0228. The van der Waals surface area contributed by atoms with Crippen molar-refractivity contribution in [3.63, 3.8) is 0 Å². The summed E-state index contributed by atoms with van der Waals surface area (Å²) in [5.41, 5.74) is 1.98. The lowest BCUT2D eigenvalue weighted by molar-refractivity contribution is -0.162. The summed E-state index contributed by atoms with van der Waals surface area (Å²) in [5.74, 6) is 0.896. The molecule has 0 spiro atoms. The Hall–Kier alpha value is -1.20. The van der Waals surface area contributed by atoms with Crippen LogP contribution < -0.4 is 0 Å². The largest absolute Gasteiger partial charge is 0.361 e. The molecule has 0 bridgehead atoms. The molecule has 0 radical (unpaired) electrons. The maximum absolute atomic E-state index is 13.2. The second-order valence-electron chi connectivity index (χ2n) is 8.57. The number of carbonyl (C=O) groups is 1. The van der Waals surface area contributed by atoms with Crippen LogP contribution in [0, 0.1) is 0 Å². The molecule has 0 aliphatic carbocycles. The van der Waals surface area contributed by atoms with Gasteiger partial charge < -0.3 is 9.64 Å². The van der Waals surface area contributed by atoms with Gasteiger partial charge in [-0.05, 0) is 41.8 Å². The number of hydrogen-bond acceptors (Lipinski definition) is 3. The summed E-state index contributed by atoms with van der Waals surface area (Å²) in [4.78, 5) is 15.2. The van der Waals surface area contributed by atoms with Crippen molar-refractivity contribution >= 4 is 40.9 Å². The summed E-state index contributed by atoms with van der Waals surface area (Å²) in [7, 11) is 0. The zero-order valence-electron chi connectivity index (χ0n) is 17.9. The molecular weight excluding hydrogens is 437 g/mol. The van der Waals surface area contributed by atoms with Crippen LogP contribution in [-0.4, -0.2) is 34.0 Å². The fourth-order valence-corrected chi connectivity index (χ4v) is 5.17. The molecule has 2 aromatic rings. The Morgan fingerprint density at radius 2 is 1.80 bits per heavy atom. The van der Waals surface area contributed by atoms with E-state index in [1.54, 1.807) is 0 Å². The number of ether oxygens (including phenoxy) is 1. The lowest BCUT2D eigenvalue weighted by Gasteiger charge is -2.45. The third kappa shape index (κ3) is 5.73. The van der Waals surface area contributed by atoms with E-state index < -0.39 is 0 Å². The summed E-state index contributed by atoms with van der Waals surface area (Å²) in [6.07, 6.45) is 0.581. The van der Waals surface area contributed by atoms with Crippen molar-refractivity contribution in [2.45, 2.75) is 57.1 Å². The van der Waals surface area contributed by atoms with Crippen LogP contribution in [0.25, 0.3) is 0 Å². The van der Waals surface area contributed by atoms with Gasteiger partial charge in [-0.15, -0.1) is 0 Å². The van der Waals surface area contributed by atoms with Crippen LogP contribution in [0.2, 0.25) is 10.0 Å². The maximum Gasteiger partial charge on any atom is 0.249 e. The Labute approximate surface area is 194 Å². The Balaban J connectivity index is 2.04. The zero-order valence-corrected chi connectivity index (χ0v) is 20.2. The van der Waals surface area contributed by atoms with Crippen LogP contribution in [0.3, 0.4) is 0 Å². The van der Waals surface area contributed by atoms with Gasteiger partial charge in [-0.1, -0.05) is 75.2 Å². The normalized spacial score (nSPS) is 21.0. The minimum Gasteiger partial charge on any atom is -0.361 e. The van der Waals surface area contributed by atoms with E-state index in [9.17, 15) is 4.79 Å². The number of nitrogens with zero attached hydrogens (tertiary/aromatic N) is 1. The second-order valence-corrected chi connectivity index (χ2v) is 11.3. The van der Waals surface area contributed by atoms with E-state index in [0.717, 1.165) is 23.3 Å². The molecule has 0 saturated carbocycles. The summed E-state index contributed by atoms with van der Waals surface area (Å²) < 4.78 is 6.24. The van der Waals surface area contributed by atoms with Crippen LogP contribution in [0.4, 0.5) is 0 Å². The Bertz CT molecular complexity index is 866. The van der Waals surface area contributed by atoms with E-state index in [-0.39, 0.29) is 35.4 Å². The molecule has 162 valence electrons. The second kappa shape index (κ2) is 9.95. The molecule has 0 aromatic heterocycles. The van der Waals surface area contributed by atoms with Crippen LogP contribution in [0.15, 0.2) is 48.5 Å². The number of hydrogen-bond donors (Lipinski definition) is 0. The predicted molar refractivity (Wildman–Crippen MR) is 127 cm³/mol. The fourth-order valence-electron chi connectivity index (χ4n) is 3.76. The van der Waals surface area contributed by atoms with Gasteiger partial charge in [-0.2, -0.15) is 11.8 Å². The van der Waals surface area contributed by atoms with Gasteiger partial charge in [-0.25, -0.2) is 0 Å². The van der Waals surface area contributed by atoms with Crippen molar-refractivity contribution in [3.8, 4) is 0 Å². The molecule has 1 amide bonds. The molecule has 0 unspecified atom stereocenters. The zero-order chi connectivity index (χ0) is 21.9. The van der Waals surface area contributed by atoms with Crippen LogP contribution in [0.5, 0.6) is 0 Å². The predicted octanol–water partition coefficient (Wildman–Crippen LogP) is 6.94. The van der Waals surface area contributed by atoms with E-state index in [4.69, 9.17) is 27.9 Å². The molecule has 6 heteroatoms. The van der Waals surface area contributed by atoms with Gasteiger partial charge in [0.15, 0.2) is 0 Å². The minimum atomic E-state index is -0.295. The SMILES string of the molecule is CC[C@H](CSC(C)(C)C)N1C(=O)CO[C@H](c2cccc(Cl)c2)[C@H]1c1ccc(Cl)cc1. The van der Waals surface area contributed by atoms with Gasteiger partial charge in [0.1, 0.15) is 12.7 Å². The molecular formula is C24H29Cl2NO2S. The Kier molecular flexibility index (Phi) is 7.78. The third-order valence-electron chi connectivity index (χ3n) is 5.22. The Morgan fingerprint density at radius 1 is 1.10 bits per heavy atom.